The summed E-state index contributed by atoms with van der Waals surface area (Å²) in [6, 6.07) is 67.3. The predicted molar refractivity (Wildman–Crippen MR) is 218 cm³/mol. The second-order valence-electron chi connectivity index (χ2n) is 14.4. The molecule has 0 fully saturated rings. The van der Waals surface area contributed by atoms with Gasteiger partial charge in [-0.05, 0) is 99.1 Å². The molecule has 9 aromatic carbocycles. The SMILES string of the molecule is CC1(C)c2ccccc2-c2cccc(-c3ccc(-c4c5ccccc5c(-c5ccccc5-c5cccc6ccccc56)c5ccccc45)cc3)c21. The van der Waals surface area contributed by atoms with Gasteiger partial charge >= 0.3 is 0 Å². The molecule has 0 atom stereocenters. The molecule has 0 unspecified atom stereocenters. The minimum absolute atomic E-state index is 0.0637. The molecule has 0 radical (unpaired) electrons. The molecule has 1 aliphatic rings. The minimum Gasteiger partial charge on any atom is -0.0619 e. The van der Waals surface area contributed by atoms with Gasteiger partial charge in [-0.25, -0.2) is 0 Å². The largest absolute Gasteiger partial charge is 0.0619 e. The molecule has 0 saturated carbocycles. The molecular formula is C51H36. The zero-order chi connectivity index (χ0) is 34.1. The van der Waals surface area contributed by atoms with E-state index in [1.807, 2.05) is 0 Å². The van der Waals surface area contributed by atoms with Gasteiger partial charge in [0.25, 0.3) is 0 Å². The van der Waals surface area contributed by atoms with Crippen molar-refractivity contribution in [2.24, 2.45) is 0 Å². The van der Waals surface area contributed by atoms with Crippen molar-refractivity contribution in [3.05, 3.63) is 193 Å². The smallest absolute Gasteiger partial charge is 0.0165 e. The van der Waals surface area contributed by atoms with Gasteiger partial charge in [-0.3, -0.25) is 0 Å². The van der Waals surface area contributed by atoms with Crippen molar-refractivity contribution in [1.29, 1.82) is 0 Å². The highest BCUT2D eigenvalue weighted by Crippen LogP contribution is 2.52. The fourth-order valence-electron chi connectivity index (χ4n) is 9.03. The Bertz CT molecular complexity index is 2750. The topological polar surface area (TPSA) is 0 Å². The summed E-state index contributed by atoms with van der Waals surface area (Å²) in [5.74, 6) is 0. The Balaban J connectivity index is 1.17. The molecule has 51 heavy (non-hydrogen) atoms. The Kier molecular flexibility index (Phi) is 6.63. The lowest BCUT2D eigenvalue weighted by atomic mass is 9.78. The van der Waals surface area contributed by atoms with Gasteiger partial charge in [-0.15, -0.1) is 0 Å². The second-order valence-corrected chi connectivity index (χ2v) is 14.4. The third-order valence-electron chi connectivity index (χ3n) is 11.3. The van der Waals surface area contributed by atoms with E-state index >= 15 is 0 Å². The van der Waals surface area contributed by atoms with Crippen molar-refractivity contribution >= 4 is 32.3 Å². The summed E-state index contributed by atoms with van der Waals surface area (Å²) in [5, 5.41) is 7.60. The van der Waals surface area contributed by atoms with Crippen molar-refractivity contribution in [3.63, 3.8) is 0 Å². The highest BCUT2D eigenvalue weighted by atomic mass is 14.4. The molecule has 0 N–H and O–H groups in total. The van der Waals surface area contributed by atoms with E-state index < -0.39 is 0 Å². The van der Waals surface area contributed by atoms with Crippen LogP contribution in [0.3, 0.4) is 0 Å². The van der Waals surface area contributed by atoms with E-state index in [0.29, 0.717) is 0 Å². The summed E-state index contributed by atoms with van der Waals surface area (Å²) in [6.07, 6.45) is 0. The quantitative estimate of drug-likeness (QED) is 0.167. The van der Waals surface area contributed by atoms with Gasteiger partial charge in [-0.2, -0.15) is 0 Å². The van der Waals surface area contributed by atoms with Crippen molar-refractivity contribution < 1.29 is 0 Å². The van der Waals surface area contributed by atoms with Gasteiger partial charge in [0, 0.05) is 5.41 Å². The molecule has 0 nitrogen and oxygen atoms in total. The number of hydrogen-bond donors (Lipinski definition) is 0. The van der Waals surface area contributed by atoms with E-state index in [1.54, 1.807) is 0 Å². The van der Waals surface area contributed by atoms with Gasteiger partial charge in [0.05, 0.1) is 0 Å². The lowest BCUT2D eigenvalue weighted by molar-refractivity contribution is 0.662. The molecule has 0 heterocycles. The molecule has 0 aromatic heterocycles. The molecule has 0 amide bonds. The van der Waals surface area contributed by atoms with Crippen molar-refractivity contribution in [2.45, 2.75) is 19.3 Å². The first-order valence-electron chi connectivity index (χ1n) is 17.9. The second kappa shape index (κ2) is 11.4. The van der Waals surface area contributed by atoms with Gasteiger partial charge in [0.15, 0.2) is 0 Å². The first-order valence-corrected chi connectivity index (χ1v) is 17.9. The van der Waals surface area contributed by atoms with Gasteiger partial charge in [0.1, 0.15) is 0 Å². The van der Waals surface area contributed by atoms with Crippen LogP contribution in [-0.2, 0) is 5.41 Å². The molecule has 1 aliphatic carbocycles. The van der Waals surface area contributed by atoms with Crippen LogP contribution >= 0.6 is 0 Å². The molecule has 0 spiro atoms. The van der Waals surface area contributed by atoms with Crippen LogP contribution in [0, 0.1) is 0 Å². The van der Waals surface area contributed by atoms with Crippen molar-refractivity contribution in [1.82, 2.24) is 0 Å². The molecule has 0 heteroatoms. The molecule has 9 aromatic rings. The first-order chi connectivity index (χ1) is 25.1. The normalized spacial score (nSPS) is 13.1. The first kappa shape index (κ1) is 29.7. The maximum Gasteiger partial charge on any atom is 0.0165 e. The lowest BCUT2D eigenvalue weighted by Gasteiger charge is -2.24. The van der Waals surface area contributed by atoms with Crippen LogP contribution in [-0.4, -0.2) is 0 Å². The van der Waals surface area contributed by atoms with Crippen molar-refractivity contribution in [3.8, 4) is 55.6 Å². The zero-order valence-electron chi connectivity index (χ0n) is 28.8. The summed E-state index contributed by atoms with van der Waals surface area (Å²) >= 11 is 0. The summed E-state index contributed by atoms with van der Waals surface area (Å²) in [4.78, 5) is 0. The highest BCUT2D eigenvalue weighted by Gasteiger charge is 2.37. The molecule has 0 aliphatic heterocycles. The summed E-state index contributed by atoms with van der Waals surface area (Å²) in [5.41, 5.74) is 15.6. The average Bonchev–Trinajstić information content (AvgIpc) is 3.43. The van der Waals surface area contributed by atoms with Crippen LogP contribution in [0.5, 0.6) is 0 Å². The summed E-state index contributed by atoms with van der Waals surface area (Å²) < 4.78 is 0. The van der Waals surface area contributed by atoms with Crippen LogP contribution in [0.1, 0.15) is 25.0 Å². The highest BCUT2D eigenvalue weighted by molar-refractivity contribution is 6.22. The van der Waals surface area contributed by atoms with Gasteiger partial charge in [-0.1, -0.05) is 196 Å². The van der Waals surface area contributed by atoms with Crippen LogP contribution in [0.25, 0.3) is 88.0 Å². The Hall–Kier alpha value is -6.24. The van der Waals surface area contributed by atoms with Crippen LogP contribution in [0.2, 0.25) is 0 Å². The third kappa shape index (κ3) is 4.46. The number of benzene rings is 9. The predicted octanol–water partition coefficient (Wildman–Crippen LogP) is 14.1. The number of fused-ring (bicyclic) bond motifs is 6. The van der Waals surface area contributed by atoms with E-state index in [4.69, 9.17) is 0 Å². The van der Waals surface area contributed by atoms with E-state index in [9.17, 15) is 0 Å². The lowest BCUT2D eigenvalue weighted by Crippen LogP contribution is -2.16. The number of rotatable bonds is 4. The monoisotopic (exact) mass is 648 g/mol. The Labute approximate surface area is 299 Å². The van der Waals surface area contributed by atoms with Crippen LogP contribution in [0.15, 0.2) is 182 Å². The Morgan fingerprint density at radius 2 is 0.745 bits per heavy atom. The van der Waals surface area contributed by atoms with Crippen LogP contribution < -0.4 is 0 Å². The molecule has 0 saturated heterocycles. The molecule has 10 rings (SSSR count). The molecular weight excluding hydrogens is 613 g/mol. The average molecular weight is 649 g/mol. The van der Waals surface area contributed by atoms with Crippen LogP contribution in [0.4, 0.5) is 0 Å². The molecule has 240 valence electrons. The Morgan fingerprint density at radius 3 is 1.45 bits per heavy atom. The summed E-state index contributed by atoms with van der Waals surface area (Å²) in [7, 11) is 0. The summed E-state index contributed by atoms with van der Waals surface area (Å²) in [6.45, 7) is 4.74. The third-order valence-corrected chi connectivity index (χ3v) is 11.3. The van der Waals surface area contributed by atoms with Crippen molar-refractivity contribution in [2.75, 3.05) is 0 Å². The van der Waals surface area contributed by atoms with E-state index in [0.717, 1.165) is 0 Å². The minimum atomic E-state index is -0.0637. The Morgan fingerprint density at radius 1 is 0.294 bits per heavy atom. The van der Waals surface area contributed by atoms with Gasteiger partial charge in [0.2, 0.25) is 0 Å². The zero-order valence-corrected chi connectivity index (χ0v) is 28.8. The standard InChI is InChI=1S/C51H36/c1-51(2)47-28-12-11-19-40(47)46-27-14-25-37(50(46)51)34-29-31-35(32-30-34)48-42-21-7-9-23-44(42)49(45-24-10-8-22-43(45)48)41-20-6-5-18-39(41)38-26-13-16-33-15-3-4-17-36(33)38/h3-32H,1-2H3. The van der Waals surface area contributed by atoms with Gasteiger partial charge < -0.3 is 0 Å². The fourth-order valence-corrected chi connectivity index (χ4v) is 9.03. The van der Waals surface area contributed by atoms with E-state index in [2.05, 4.69) is 196 Å². The fraction of sp³-hybridized carbons (Fsp3) is 0.0588. The number of hydrogen-bond acceptors (Lipinski definition) is 0. The van der Waals surface area contributed by atoms with E-state index in [-0.39, 0.29) is 5.41 Å². The maximum absolute atomic E-state index is 2.37. The maximum atomic E-state index is 2.37. The molecule has 0 bridgehead atoms. The van der Waals surface area contributed by atoms with E-state index in [1.165, 1.54) is 99.1 Å².